The molecule has 1 fully saturated rings. The fourth-order valence-corrected chi connectivity index (χ4v) is 3.87. The van der Waals surface area contributed by atoms with Crippen LogP contribution in [0.4, 0.5) is 0 Å². The van der Waals surface area contributed by atoms with Crippen molar-refractivity contribution in [2.75, 3.05) is 13.2 Å². The Morgan fingerprint density at radius 2 is 2.27 bits per heavy atom. The minimum Gasteiger partial charge on any atom is -0.394 e. The highest BCUT2D eigenvalue weighted by Gasteiger charge is 2.38. The SMILES string of the molecule is CCNC1(CO)CCC(SC(C)CC)C1. The van der Waals surface area contributed by atoms with E-state index in [-0.39, 0.29) is 5.54 Å². The molecule has 0 aromatic carbocycles. The maximum absolute atomic E-state index is 9.48. The van der Waals surface area contributed by atoms with Gasteiger partial charge in [-0.25, -0.2) is 0 Å². The predicted molar refractivity (Wildman–Crippen MR) is 68.5 cm³/mol. The van der Waals surface area contributed by atoms with E-state index in [4.69, 9.17) is 0 Å². The van der Waals surface area contributed by atoms with Gasteiger partial charge in [0.1, 0.15) is 0 Å². The summed E-state index contributed by atoms with van der Waals surface area (Å²) in [5.74, 6) is 0. The molecule has 2 N–H and O–H groups in total. The van der Waals surface area contributed by atoms with Crippen LogP contribution in [-0.4, -0.2) is 34.3 Å². The third kappa shape index (κ3) is 3.65. The van der Waals surface area contributed by atoms with Crippen molar-refractivity contribution in [3.63, 3.8) is 0 Å². The molecule has 0 aromatic rings. The molecule has 1 aliphatic carbocycles. The molecule has 0 radical (unpaired) electrons. The maximum Gasteiger partial charge on any atom is 0.0613 e. The molecule has 90 valence electrons. The van der Waals surface area contributed by atoms with Crippen LogP contribution in [0.25, 0.3) is 0 Å². The van der Waals surface area contributed by atoms with E-state index in [1.807, 2.05) is 0 Å². The van der Waals surface area contributed by atoms with Gasteiger partial charge in [-0.2, -0.15) is 11.8 Å². The third-order valence-electron chi connectivity index (χ3n) is 3.42. The van der Waals surface area contributed by atoms with Crippen LogP contribution < -0.4 is 5.32 Å². The first kappa shape index (κ1) is 13.3. The predicted octanol–water partition coefficient (Wildman–Crippen LogP) is 2.41. The highest BCUT2D eigenvalue weighted by Crippen LogP contribution is 2.38. The van der Waals surface area contributed by atoms with Gasteiger partial charge in [0.2, 0.25) is 0 Å². The van der Waals surface area contributed by atoms with Gasteiger partial charge in [-0.15, -0.1) is 0 Å². The van der Waals surface area contributed by atoms with Gasteiger partial charge in [-0.05, 0) is 32.2 Å². The standard InChI is InChI=1S/C12H25NOS/c1-4-10(3)15-11-6-7-12(8-11,9-14)13-5-2/h10-11,13-14H,4-9H2,1-3H3. The average Bonchev–Trinajstić information content (AvgIpc) is 2.63. The fourth-order valence-electron chi connectivity index (χ4n) is 2.35. The molecular weight excluding hydrogens is 206 g/mol. The van der Waals surface area contributed by atoms with Gasteiger partial charge in [0.15, 0.2) is 0 Å². The molecule has 1 rings (SSSR count). The van der Waals surface area contributed by atoms with Crippen molar-refractivity contribution in [1.29, 1.82) is 0 Å². The van der Waals surface area contributed by atoms with E-state index in [0.717, 1.165) is 29.9 Å². The quantitative estimate of drug-likeness (QED) is 0.736. The summed E-state index contributed by atoms with van der Waals surface area (Å²) in [5.41, 5.74) is 0.0277. The van der Waals surface area contributed by atoms with Crippen LogP contribution in [0.5, 0.6) is 0 Å². The van der Waals surface area contributed by atoms with Crippen LogP contribution in [0.2, 0.25) is 0 Å². The van der Waals surface area contributed by atoms with E-state index in [1.54, 1.807) is 0 Å². The van der Waals surface area contributed by atoms with Crippen molar-refractivity contribution >= 4 is 11.8 Å². The Labute approximate surface area is 98.2 Å². The smallest absolute Gasteiger partial charge is 0.0613 e. The lowest BCUT2D eigenvalue weighted by Gasteiger charge is -2.28. The van der Waals surface area contributed by atoms with Crippen molar-refractivity contribution in [3.05, 3.63) is 0 Å². The summed E-state index contributed by atoms with van der Waals surface area (Å²) >= 11 is 2.10. The normalized spacial score (nSPS) is 33.2. The van der Waals surface area contributed by atoms with Crippen molar-refractivity contribution in [2.45, 2.75) is 62.5 Å². The van der Waals surface area contributed by atoms with Crippen molar-refractivity contribution in [1.82, 2.24) is 5.32 Å². The number of likely N-dealkylation sites (N-methyl/N-ethyl adjacent to an activating group) is 1. The van der Waals surface area contributed by atoms with Gasteiger partial charge < -0.3 is 10.4 Å². The number of hydrogen-bond donors (Lipinski definition) is 2. The summed E-state index contributed by atoms with van der Waals surface area (Å²) in [4.78, 5) is 0. The van der Waals surface area contributed by atoms with Crippen molar-refractivity contribution in [2.24, 2.45) is 0 Å². The second kappa shape index (κ2) is 6.12. The van der Waals surface area contributed by atoms with E-state index < -0.39 is 0 Å². The highest BCUT2D eigenvalue weighted by atomic mass is 32.2. The Kier molecular flexibility index (Phi) is 5.44. The number of hydrogen-bond acceptors (Lipinski definition) is 3. The van der Waals surface area contributed by atoms with Crippen LogP contribution >= 0.6 is 11.8 Å². The van der Waals surface area contributed by atoms with E-state index in [9.17, 15) is 5.11 Å². The molecule has 0 saturated heterocycles. The zero-order valence-corrected chi connectivity index (χ0v) is 11.1. The average molecular weight is 231 g/mol. The van der Waals surface area contributed by atoms with Crippen LogP contribution in [0.1, 0.15) is 46.5 Å². The van der Waals surface area contributed by atoms with Crippen LogP contribution in [0, 0.1) is 0 Å². The largest absolute Gasteiger partial charge is 0.394 e. The number of aliphatic hydroxyl groups is 1. The van der Waals surface area contributed by atoms with Crippen molar-refractivity contribution in [3.8, 4) is 0 Å². The van der Waals surface area contributed by atoms with E-state index >= 15 is 0 Å². The minimum absolute atomic E-state index is 0.0277. The van der Waals surface area contributed by atoms with E-state index in [1.165, 1.54) is 12.8 Å². The lowest BCUT2D eigenvalue weighted by molar-refractivity contribution is 0.167. The van der Waals surface area contributed by atoms with Crippen LogP contribution in [-0.2, 0) is 0 Å². The van der Waals surface area contributed by atoms with Gasteiger partial charge in [-0.3, -0.25) is 0 Å². The summed E-state index contributed by atoms with van der Waals surface area (Å²) in [6.45, 7) is 7.92. The van der Waals surface area contributed by atoms with Crippen LogP contribution in [0.3, 0.4) is 0 Å². The topological polar surface area (TPSA) is 32.3 Å². The second-order valence-electron chi connectivity index (χ2n) is 4.69. The molecule has 1 saturated carbocycles. The Hall–Kier alpha value is 0.270. The second-order valence-corrected chi connectivity index (χ2v) is 6.43. The minimum atomic E-state index is 0.0277. The zero-order chi connectivity index (χ0) is 11.3. The lowest BCUT2D eigenvalue weighted by Crippen LogP contribution is -2.46. The Morgan fingerprint density at radius 1 is 1.53 bits per heavy atom. The molecule has 0 aromatic heterocycles. The van der Waals surface area contributed by atoms with E-state index in [2.05, 4.69) is 37.8 Å². The molecule has 0 amide bonds. The summed E-state index contributed by atoms with van der Waals surface area (Å²) in [6, 6.07) is 0. The molecule has 0 bridgehead atoms. The fraction of sp³-hybridized carbons (Fsp3) is 1.00. The van der Waals surface area contributed by atoms with Gasteiger partial charge >= 0.3 is 0 Å². The van der Waals surface area contributed by atoms with Gasteiger partial charge in [0.25, 0.3) is 0 Å². The summed E-state index contributed by atoms with van der Waals surface area (Å²) < 4.78 is 0. The van der Waals surface area contributed by atoms with Gasteiger partial charge in [0, 0.05) is 16.0 Å². The number of thioether (sulfide) groups is 1. The lowest BCUT2D eigenvalue weighted by atomic mass is 9.99. The van der Waals surface area contributed by atoms with Gasteiger partial charge in [0.05, 0.1) is 6.61 Å². The zero-order valence-electron chi connectivity index (χ0n) is 10.3. The Bertz CT molecular complexity index is 188. The molecular formula is C12H25NOS. The third-order valence-corrected chi connectivity index (χ3v) is 5.00. The molecule has 3 atom stereocenters. The number of aliphatic hydroxyl groups excluding tert-OH is 1. The Morgan fingerprint density at radius 3 is 2.80 bits per heavy atom. The molecule has 0 aliphatic heterocycles. The maximum atomic E-state index is 9.48. The first-order chi connectivity index (χ1) is 7.15. The number of rotatable bonds is 6. The highest BCUT2D eigenvalue weighted by molar-refractivity contribution is 8.00. The first-order valence-electron chi connectivity index (χ1n) is 6.17. The molecule has 1 aliphatic rings. The summed E-state index contributed by atoms with van der Waals surface area (Å²) in [6.07, 6.45) is 4.76. The van der Waals surface area contributed by atoms with Gasteiger partial charge in [-0.1, -0.05) is 20.8 Å². The first-order valence-corrected chi connectivity index (χ1v) is 7.11. The van der Waals surface area contributed by atoms with Crippen LogP contribution in [0.15, 0.2) is 0 Å². The van der Waals surface area contributed by atoms with E-state index in [0.29, 0.717) is 6.61 Å². The Balaban J connectivity index is 2.42. The molecule has 3 unspecified atom stereocenters. The summed E-state index contributed by atoms with van der Waals surface area (Å²) in [5, 5.41) is 14.4. The molecule has 15 heavy (non-hydrogen) atoms. The summed E-state index contributed by atoms with van der Waals surface area (Å²) in [7, 11) is 0. The monoisotopic (exact) mass is 231 g/mol. The molecule has 3 heteroatoms. The van der Waals surface area contributed by atoms with Crippen molar-refractivity contribution < 1.29 is 5.11 Å². The molecule has 0 heterocycles. The molecule has 0 spiro atoms. The number of nitrogens with one attached hydrogen (secondary N) is 1. The molecule has 2 nitrogen and oxygen atoms in total.